The van der Waals surface area contributed by atoms with Crippen molar-refractivity contribution in [1.82, 2.24) is 4.98 Å². The van der Waals surface area contributed by atoms with Crippen LogP contribution < -0.4 is 10.6 Å². The minimum atomic E-state index is 0.493. The number of hydrogen-bond donors (Lipinski definition) is 1. The molecule has 1 rings (SSSR count). The Bertz CT molecular complexity index is 270. The summed E-state index contributed by atoms with van der Waals surface area (Å²) in [5, 5.41) is 1.12. The zero-order chi connectivity index (χ0) is 10.6. The molecule has 0 aromatic carbocycles. The fraction of sp³-hybridized carbons (Fsp3) is 0.700. The van der Waals surface area contributed by atoms with E-state index >= 15 is 0 Å². The molecule has 0 atom stereocenters. The first kappa shape index (κ1) is 11.5. The average molecular weight is 213 g/mol. The van der Waals surface area contributed by atoms with Crippen LogP contribution in [0.1, 0.15) is 25.1 Å². The summed E-state index contributed by atoms with van der Waals surface area (Å²) < 4.78 is 0. The van der Waals surface area contributed by atoms with Crippen molar-refractivity contribution in [2.45, 2.75) is 33.2 Å². The number of nitrogens with zero attached hydrogens (tertiary/aromatic N) is 2. The van der Waals surface area contributed by atoms with Crippen molar-refractivity contribution in [2.75, 3.05) is 18.0 Å². The zero-order valence-electron chi connectivity index (χ0n) is 9.16. The fourth-order valence-corrected chi connectivity index (χ4v) is 2.23. The molecule has 1 aromatic heterocycles. The van der Waals surface area contributed by atoms with Crippen LogP contribution in [0.2, 0.25) is 0 Å². The zero-order valence-corrected chi connectivity index (χ0v) is 9.97. The van der Waals surface area contributed by atoms with Crippen LogP contribution in [0.15, 0.2) is 6.20 Å². The van der Waals surface area contributed by atoms with Gasteiger partial charge in [0.1, 0.15) is 0 Å². The predicted molar refractivity (Wildman–Crippen MR) is 63.0 cm³/mol. The first-order chi connectivity index (χ1) is 6.65. The van der Waals surface area contributed by atoms with Gasteiger partial charge >= 0.3 is 0 Å². The highest BCUT2D eigenvalue weighted by atomic mass is 32.1. The van der Waals surface area contributed by atoms with Crippen molar-refractivity contribution in [3.8, 4) is 0 Å². The van der Waals surface area contributed by atoms with Gasteiger partial charge in [0.2, 0.25) is 0 Å². The van der Waals surface area contributed by atoms with E-state index in [0.717, 1.165) is 24.6 Å². The van der Waals surface area contributed by atoms with Gasteiger partial charge in [0.05, 0.1) is 0 Å². The lowest BCUT2D eigenvalue weighted by molar-refractivity contribution is 0.655. The third-order valence-electron chi connectivity index (χ3n) is 2.08. The monoisotopic (exact) mass is 213 g/mol. The van der Waals surface area contributed by atoms with Crippen molar-refractivity contribution in [3.05, 3.63) is 11.1 Å². The molecule has 0 saturated carbocycles. The molecule has 0 saturated heterocycles. The third kappa shape index (κ3) is 2.96. The van der Waals surface area contributed by atoms with Gasteiger partial charge in [-0.25, -0.2) is 4.98 Å². The summed E-state index contributed by atoms with van der Waals surface area (Å²) in [6.45, 7) is 8.21. The Hall–Kier alpha value is -0.610. The van der Waals surface area contributed by atoms with Crippen LogP contribution >= 0.6 is 11.3 Å². The molecule has 1 aromatic rings. The van der Waals surface area contributed by atoms with Crippen molar-refractivity contribution in [3.63, 3.8) is 0 Å². The standard InChI is InChI=1S/C10H19N3S/c1-8(2)13(6-4-5-11)10-12-7-9(3)14-10/h7-8H,4-6,11H2,1-3H3. The quantitative estimate of drug-likeness (QED) is 0.813. The van der Waals surface area contributed by atoms with E-state index < -0.39 is 0 Å². The summed E-state index contributed by atoms with van der Waals surface area (Å²) in [4.78, 5) is 7.97. The second-order valence-corrected chi connectivity index (χ2v) is 4.90. The Morgan fingerprint density at radius 1 is 1.57 bits per heavy atom. The Labute approximate surface area is 89.9 Å². The van der Waals surface area contributed by atoms with Crippen molar-refractivity contribution in [2.24, 2.45) is 5.73 Å². The van der Waals surface area contributed by atoms with E-state index in [4.69, 9.17) is 5.73 Å². The predicted octanol–water partition coefficient (Wildman–Crippen LogP) is 2.02. The van der Waals surface area contributed by atoms with Crippen LogP contribution in [0.25, 0.3) is 0 Å². The maximum absolute atomic E-state index is 5.52. The van der Waals surface area contributed by atoms with Crippen LogP contribution in [0.5, 0.6) is 0 Å². The molecule has 0 unspecified atom stereocenters. The van der Waals surface area contributed by atoms with E-state index in [0.29, 0.717) is 6.04 Å². The van der Waals surface area contributed by atoms with E-state index in [1.807, 2.05) is 6.20 Å². The van der Waals surface area contributed by atoms with E-state index in [2.05, 4.69) is 30.7 Å². The highest BCUT2D eigenvalue weighted by Crippen LogP contribution is 2.23. The van der Waals surface area contributed by atoms with Gasteiger partial charge in [-0.05, 0) is 33.7 Å². The van der Waals surface area contributed by atoms with E-state index in [1.165, 1.54) is 4.88 Å². The van der Waals surface area contributed by atoms with E-state index in [1.54, 1.807) is 11.3 Å². The minimum Gasteiger partial charge on any atom is -0.346 e. The molecule has 1 heterocycles. The molecular formula is C10H19N3S. The molecule has 14 heavy (non-hydrogen) atoms. The number of nitrogens with two attached hydrogens (primary N) is 1. The van der Waals surface area contributed by atoms with Gasteiger partial charge < -0.3 is 10.6 Å². The maximum atomic E-state index is 5.52. The summed E-state index contributed by atoms with van der Waals surface area (Å²) in [7, 11) is 0. The molecule has 0 aliphatic carbocycles. The smallest absolute Gasteiger partial charge is 0.185 e. The van der Waals surface area contributed by atoms with Crippen LogP contribution in [0.4, 0.5) is 5.13 Å². The van der Waals surface area contributed by atoms with Gasteiger partial charge in [-0.1, -0.05) is 0 Å². The van der Waals surface area contributed by atoms with Gasteiger partial charge in [-0.3, -0.25) is 0 Å². The van der Waals surface area contributed by atoms with Crippen LogP contribution in [0.3, 0.4) is 0 Å². The molecule has 0 radical (unpaired) electrons. The lowest BCUT2D eigenvalue weighted by Gasteiger charge is -2.25. The molecule has 4 heteroatoms. The lowest BCUT2D eigenvalue weighted by Crippen LogP contribution is -2.32. The first-order valence-corrected chi connectivity index (χ1v) is 5.86. The van der Waals surface area contributed by atoms with Gasteiger partial charge in [-0.15, -0.1) is 11.3 Å². The Morgan fingerprint density at radius 2 is 2.29 bits per heavy atom. The lowest BCUT2D eigenvalue weighted by atomic mass is 10.3. The van der Waals surface area contributed by atoms with Crippen LogP contribution in [0, 0.1) is 6.92 Å². The number of aromatic nitrogens is 1. The van der Waals surface area contributed by atoms with Crippen molar-refractivity contribution >= 4 is 16.5 Å². The molecule has 80 valence electrons. The largest absolute Gasteiger partial charge is 0.346 e. The van der Waals surface area contributed by atoms with Crippen molar-refractivity contribution < 1.29 is 0 Å². The molecule has 0 amide bonds. The Balaban J connectivity index is 2.67. The number of aryl methyl sites for hydroxylation is 1. The average Bonchev–Trinajstić information content (AvgIpc) is 2.52. The summed E-state index contributed by atoms with van der Waals surface area (Å²) >= 11 is 1.75. The van der Waals surface area contributed by atoms with Crippen molar-refractivity contribution in [1.29, 1.82) is 0 Å². The molecule has 0 fully saturated rings. The van der Waals surface area contributed by atoms with E-state index in [9.17, 15) is 0 Å². The summed E-state index contributed by atoms with van der Waals surface area (Å²) in [5.74, 6) is 0. The van der Waals surface area contributed by atoms with Gasteiger partial charge in [0.15, 0.2) is 5.13 Å². The van der Waals surface area contributed by atoms with Crippen LogP contribution in [-0.2, 0) is 0 Å². The Morgan fingerprint density at radius 3 is 2.71 bits per heavy atom. The molecule has 0 spiro atoms. The number of thiazole rings is 1. The maximum Gasteiger partial charge on any atom is 0.185 e. The topological polar surface area (TPSA) is 42.2 Å². The molecule has 0 bridgehead atoms. The van der Waals surface area contributed by atoms with Gasteiger partial charge in [-0.2, -0.15) is 0 Å². The molecule has 0 aliphatic heterocycles. The number of anilines is 1. The molecule has 0 aliphatic rings. The molecule has 3 nitrogen and oxygen atoms in total. The number of rotatable bonds is 5. The van der Waals surface area contributed by atoms with Gasteiger partial charge in [0.25, 0.3) is 0 Å². The SMILES string of the molecule is Cc1cnc(N(CCCN)C(C)C)s1. The first-order valence-electron chi connectivity index (χ1n) is 5.04. The minimum absolute atomic E-state index is 0.493. The normalized spacial score (nSPS) is 10.9. The molecule has 2 N–H and O–H groups in total. The van der Waals surface area contributed by atoms with Crippen LogP contribution in [-0.4, -0.2) is 24.1 Å². The van der Waals surface area contributed by atoms with E-state index in [-0.39, 0.29) is 0 Å². The third-order valence-corrected chi connectivity index (χ3v) is 3.03. The second kappa shape index (κ2) is 5.32. The summed E-state index contributed by atoms with van der Waals surface area (Å²) in [6.07, 6.45) is 2.95. The highest BCUT2D eigenvalue weighted by molar-refractivity contribution is 7.15. The Kier molecular flexibility index (Phi) is 4.35. The second-order valence-electron chi connectivity index (χ2n) is 3.68. The number of hydrogen-bond acceptors (Lipinski definition) is 4. The van der Waals surface area contributed by atoms with Gasteiger partial charge in [0, 0.05) is 23.7 Å². The highest BCUT2D eigenvalue weighted by Gasteiger charge is 2.12. The summed E-state index contributed by atoms with van der Waals surface area (Å²) in [6, 6.07) is 0.493. The molecular weight excluding hydrogens is 194 g/mol. The fourth-order valence-electron chi connectivity index (χ4n) is 1.31. The summed E-state index contributed by atoms with van der Waals surface area (Å²) in [5.41, 5.74) is 5.52.